The minimum Gasteiger partial charge on any atom is -0.497 e. The number of amides is 1. The van der Waals surface area contributed by atoms with Crippen LogP contribution in [0.4, 0.5) is 4.39 Å². The van der Waals surface area contributed by atoms with Crippen molar-refractivity contribution in [2.75, 3.05) is 25.7 Å². The number of fused-ring (bicyclic) bond motifs is 1. The van der Waals surface area contributed by atoms with Gasteiger partial charge in [-0.3, -0.25) is 18.7 Å². The maximum absolute atomic E-state index is 14.1. The van der Waals surface area contributed by atoms with Crippen LogP contribution in [0.3, 0.4) is 0 Å². The van der Waals surface area contributed by atoms with Crippen molar-refractivity contribution in [3.63, 3.8) is 0 Å². The van der Waals surface area contributed by atoms with Crippen molar-refractivity contribution in [2.45, 2.75) is 56.7 Å². The predicted molar refractivity (Wildman–Crippen MR) is 144 cm³/mol. The molecule has 1 N–H and O–H groups in total. The molecule has 1 amide bonds. The van der Waals surface area contributed by atoms with Gasteiger partial charge >= 0.3 is 5.69 Å². The highest BCUT2D eigenvalue weighted by atomic mass is 32.2. The Hall–Kier alpha value is -3.34. The molecule has 2 fully saturated rings. The highest BCUT2D eigenvalue weighted by Gasteiger charge is 2.30. The van der Waals surface area contributed by atoms with Crippen molar-refractivity contribution in [2.24, 2.45) is 0 Å². The molecule has 1 aromatic carbocycles. The van der Waals surface area contributed by atoms with E-state index in [1.165, 1.54) is 24.9 Å². The van der Waals surface area contributed by atoms with Crippen molar-refractivity contribution >= 4 is 28.7 Å². The quantitative estimate of drug-likeness (QED) is 0.507. The molecule has 0 unspecified atom stereocenters. The number of halogens is 1. The normalized spacial score (nSPS) is 20.3. The molecule has 3 heterocycles. The molecule has 38 heavy (non-hydrogen) atoms. The zero-order valence-electron chi connectivity index (χ0n) is 21.4. The number of thioether (sulfide) groups is 1. The van der Waals surface area contributed by atoms with Crippen LogP contribution in [-0.2, 0) is 0 Å². The first-order valence-electron chi connectivity index (χ1n) is 12.8. The minimum absolute atomic E-state index is 0.0791. The SMILES string of the molecule is COc1ccc(OC)c(C(=O)N[C@H]2CC[C@@H](n3c(=O)c4cc(F)cnc4n(C4CCSCC4)c3=O)CC2)c1. The average Bonchev–Trinajstić information content (AvgIpc) is 2.94. The topological polar surface area (TPSA) is 104 Å². The first kappa shape index (κ1) is 26.3. The molecular formula is C27H31FN4O5S. The Labute approximate surface area is 223 Å². The average molecular weight is 543 g/mol. The molecule has 1 saturated carbocycles. The number of nitrogens with one attached hydrogen (secondary N) is 1. The Bertz CT molecular complexity index is 1460. The molecule has 202 valence electrons. The van der Waals surface area contributed by atoms with Gasteiger partial charge in [0.1, 0.15) is 23.0 Å². The monoisotopic (exact) mass is 542 g/mol. The van der Waals surface area contributed by atoms with E-state index in [-0.39, 0.29) is 40.8 Å². The molecule has 0 atom stereocenters. The second-order valence-corrected chi connectivity index (χ2v) is 11.0. The summed E-state index contributed by atoms with van der Waals surface area (Å²) in [6.45, 7) is 0. The molecule has 0 radical (unpaired) electrons. The number of aromatic nitrogens is 3. The molecule has 0 spiro atoms. The van der Waals surface area contributed by atoms with Crippen LogP contribution in [0.5, 0.6) is 11.5 Å². The highest BCUT2D eigenvalue weighted by Crippen LogP contribution is 2.31. The van der Waals surface area contributed by atoms with Crippen LogP contribution in [0.2, 0.25) is 0 Å². The molecule has 11 heteroatoms. The number of benzene rings is 1. The Kier molecular flexibility index (Phi) is 7.73. The number of hydrogen-bond acceptors (Lipinski definition) is 7. The van der Waals surface area contributed by atoms with Crippen molar-refractivity contribution in [1.82, 2.24) is 19.4 Å². The van der Waals surface area contributed by atoms with Gasteiger partial charge in [0.25, 0.3) is 11.5 Å². The summed E-state index contributed by atoms with van der Waals surface area (Å²) in [5.74, 6) is 1.95. The van der Waals surface area contributed by atoms with Crippen LogP contribution < -0.4 is 26.0 Å². The van der Waals surface area contributed by atoms with E-state index in [0.717, 1.165) is 30.5 Å². The van der Waals surface area contributed by atoms with Crippen LogP contribution in [0.1, 0.15) is 61.0 Å². The summed E-state index contributed by atoms with van der Waals surface area (Å²) in [6.07, 6.45) is 4.90. The Morgan fingerprint density at radius 2 is 1.71 bits per heavy atom. The van der Waals surface area contributed by atoms with E-state index < -0.39 is 11.4 Å². The van der Waals surface area contributed by atoms with Gasteiger partial charge in [0.15, 0.2) is 0 Å². The summed E-state index contributed by atoms with van der Waals surface area (Å²) >= 11 is 1.84. The summed E-state index contributed by atoms with van der Waals surface area (Å²) in [4.78, 5) is 44.4. The molecule has 9 nitrogen and oxygen atoms in total. The van der Waals surface area contributed by atoms with Crippen molar-refractivity contribution in [1.29, 1.82) is 0 Å². The summed E-state index contributed by atoms with van der Waals surface area (Å²) < 4.78 is 27.6. The Morgan fingerprint density at radius 3 is 2.39 bits per heavy atom. The number of pyridine rings is 1. The third-order valence-corrected chi connectivity index (χ3v) is 8.58. The van der Waals surface area contributed by atoms with Gasteiger partial charge in [0.05, 0.1) is 31.4 Å². The summed E-state index contributed by atoms with van der Waals surface area (Å²) in [5.41, 5.74) is -0.260. The fourth-order valence-electron chi connectivity index (χ4n) is 5.53. The fraction of sp³-hybridized carbons (Fsp3) is 0.481. The van der Waals surface area contributed by atoms with Crippen molar-refractivity contribution in [3.05, 3.63) is 62.7 Å². The maximum Gasteiger partial charge on any atom is 0.333 e. The van der Waals surface area contributed by atoms with Crippen molar-refractivity contribution in [3.8, 4) is 11.5 Å². The van der Waals surface area contributed by atoms with Gasteiger partial charge in [0, 0.05) is 18.1 Å². The van der Waals surface area contributed by atoms with Gasteiger partial charge in [-0.05, 0) is 74.3 Å². The number of carbonyl (C=O) groups excluding carboxylic acids is 1. The lowest BCUT2D eigenvalue weighted by Crippen LogP contribution is -2.46. The van der Waals surface area contributed by atoms with E-state index in [4.69, 9.17) is 9.47 Å². The molecule has 2 aliphatic rings. The van der Waals surface area contributed by atoms with Gasteiger partial charge < -0.3 is 14.8 Å². The number of carbonyl (C=O) groups is 1. The number of rotatable bonds is 6. The second-order valence-electron chi connectivity index (χ2n) is 9.74. The summed E-state index contributed by atoms with van der Waals surface area (Å²) in [6, 6.07) is 5.68. The first-order valence-corrected chi connectivity index (χ1v) is 14.0. The van der Waals surface area contributed by atoms with Crippen molar-refractivity contribution < 1.29 is 18.7 Å². The van der Waals surface area contributed by atoms with Crippen LogP contribution in [0, 0.1) is 5.82 Å². The predicted octanol–water partition coefficient (Wildman–Crippen LogP) is 3.70. The third-order valence-electron chi connectivity index (χ3n) is 7.53. The molecule has 1 saturated heterocycles. The van der Waals surface area contributed by atoms with Crippen LogP contribution in [0.15, 0.2) is 40.1 Å². The number of nitrogens with zero attached hydrogens (tertiary/aromatic N) is 3. The van der Waals surface area contributed by atoms with E-state index in [2.05, 4.69) is 10.3 Å². The van der Waals surface area contributed by atoms with Crippen LogP contribution >= 0.6 is 11.8 Å². The third kappa shape index (κ3) is 5.03. The smallest absolute Gasteiger partial charge is 0.333 e. The van der Waals surface area contributed by atoms with Crippen LogP contribution in [0.25, 0.3) is 11.0 Å². The Morgan fingerprint density at radius 1 is 1.00 bits per heavy atom. The maximum atomic E-state index is 14.1. The minimum atomic E-state index is -0.607. The van der Waals surface area contributed by atoms with Gasteiger partial charge in [0.2, 0.25) is 0 Å². The number of hydrogen-bond donors (Lipinski definition) is 1. The molecule has 5 rings (SSSR count). The first-order chi connectivity index (χ1) is 18.4. The Balaban J connectivity index is 1.39. The lowest BCUT2D eigenvalue weighted by Gasteiger charge is -2.31. The standard InChI is InChI=1S/C27H31FN4O5S/c1-36-20-7-8-23(37-2)21(14-20)25(33)30-17-3-5-18(6-4-17)32-26(34)22-13-16(28)15-29-24(22)31(27(32)35)19-9-11-38-12-10-19/h7-8,13-15,17-19H,3-6,9-12H2,1-2H3,(H,30,33)/t17-,18+. The van der Waals surface area contributed by atoms with Crippen LogP contribution in [-0.4, -0.2) is 51.8 Å². The lowest BCUT2D eigenvalue weighted by molar-refractivity contribution is 0.0918. The van der Waals surface area contributed by atoms with E-state index in [0.29, 0.717) is 42.7 Å². The van der Waals surface area contributed by atoms with E-state index >= 15 is 0 Å². The van der Waals surface area contributed by atoms with Gasteiger partial charge in [-0.15, -0.1) is 0 Å². The summed E-state index contributed by atoms with van der Waals surface area (Å²) in [7, 11) is 3.04. The molecule has 3 aromatic rings. The molecule has 1 aliphatic carbocycles. The number of methoxy groups -OCH3 is 2. The molecular weight excluding hydrogens is 511 g/mol. The summed E-state index contributed by atoms with van der Waals surface area (Å²) in [5, 5.41) is 3.18. The largest absolute Gasteiger partial charge is 0.497 e. The van der Waals surface area contributed by atoms with E-state index in [1.807, 2.05) is 11.8 Å². The van der Waals surface area contributed by atoms with Gasteiger partial charge in [-0.1, -0.05) is 0 Å². The molecule has 0 bridgehead atoms. The lowest BCUT2D eigenvalue weighted by atomic mass is 9.90. The number of ether oxygens (including phenoxy) is 2. The fourth-order valence-corrected chi connectivity index (χ4v) is 6.61. The van der Waals surface area contributed by atoms with Gasteiger partial charge in [-0.2, -0.15) is 11.8 Å². The van der Waals surface area contributed by atoms with E-state index in [1.54, 1.807) is 22.8 Å². The zero-order chi connectivity index (χ0) is 26.8. The highest BCUT2D eigenvalue weighted by molar-refractivity contribution is 7.99. The zero-order valence-corrected chi connectivity index (χ0v) is 22.3. The van der Waals surface area contributed by atoms with E-state index in [9.17, 15) is 18.8 Å². The van der Waals surface area contributed by atoms with Gasteiger partial charge in [-0.25, -0.2) is 14.2 Å². The second kappa shape index (κ2) is 11.2. The molecule has 2 aromatic heterocycles. The molecule has 1 aliphatic heterocycles.